The van der Waals surface area contributed by atoms with E-state index < -0.39 is 18.0 Å². The van der Waals surface area contributed by atoms with Gasteiger partial charge in [-0.05, 0) is 48.8 Å². The molecular formula is C24H33F3N4O2S. The second kappa shape index (κ2) is 11.4. The Morgan fingerprint density at radius 1 is 1.26 bits per heavy atom. The molecule has 188 valence electrons. The fourth-order valence-corrected chi connectivity index (χ4v) is 5.20. The maximum absolute atomic E-state index is 13.1. The van der Waals surface area contributed by atoms with Crippen molar-refractivity contribution in [1.82, 2.24) is 9.36 Å². The lowest BCUT2D eigenvalue weighted by atomic mass is 9.90. The van der Waals surface area contributed by atoms with Gasteiger partial charge in [0.15, 0.2) is 0 Å². The van der Waals surface area contributed by atoms with Crippen LogP contribution in [0, 0.1) is 5.92 Å². The van der Waals surface area contributed by atoms with Crippen molar-refractivity contribution in [1.29, 1.82) is 0 Å². The van der Waals surface area contributed by atoms with Gasteiger partial charge in [-0.25, -0.2) is 0 Å². The molecule has 1 aliphatic rings. The molecule has 0 aliphatic heterocycles. The smallest absolute Gasteiger partial charge is 0.452 e. The number of hydrogen-bond donors (Lipinski definition) is 2. The van der Waals surface area contributed by atoms with Crippen LogP contribution in [0.5, 0.6) is 0 Å². The van der Waals surface area contributed by atoms with Crippen molar-refractivity contribution >= 4 is 34.0 Å². The van der Waals surface area contributed by atoms with Gasteiger partial charge in [0.1, 0.15) is 0 Å². The number of aromatic nitrogens is 2. The zero-order chi connectivity index (χ0) is 24.9. The lowest BCUT2D eigenvalue weighted by Crippen LogP contribution is -2.39. The second-order valence-corrected chi connectivity index (χ2v) is 10.1. The van der Waals surface area contributed by atoms with Crippen LogP contribution in [0.25, 0.3) is 0 Å². The number of rotatable bonds is 10. The van der Waals surface area contributed by atoms with E-state index in [2.05, 4.69) is 33.4 Å². The predicted molar refractivity (Wildman–Crippen MR) is 129 cm³/mol. The number of carbonyl (C=O) groups is 1. The Labute approximate surface area is 202 Å². The molecule has 1 atom stereocenters. The van der Waals surface area contributed by atoms with Crippen LogP contribution in [0.3, 0.4) is 0 Å². The van der Waals surface area contributed by atoms with Gasteiger partial charge in [-0.3, -0.25) is 4.79 Å². The molecule has 1 heterocycles. The van der Waals surface area contributed by atoms with E-state index in [1.54, 1.807) is 0 Å². The monoisotopic (exact) mass is 498 g/mol. The van der Waals surface area contributed by atoms with Gasteiger partial charge in [0.05, 0.1) is 17.8 Å². The van der Waals surface area contributed by atoms with Crippen molar-refractivity contribution in [3.63, 3.8) is 0 Å². The summed E-state index contributed by atoms with van der Waals surface area (Å²) in [5, 5.41) is 12.5. The fourth-order valence-electron chi connectivity index (χ4n) is 4.60. The molecule has 6 nitrogen and oxygen atoms in total. The van der Waals surface area contributed by atoms with E-state index in [1.165, 1.54) is 6.42 Å². The van der Waals surface area contributed by atoms with Gasteiger partial charge >= 0.3 is 12.1 Å². The first kappa shape index (κ1) is 26.2. The van der Waals surface area contributed by atoms with Gasteiger partial charge in [0.2, 0.25) is 11.0 Å². The minimum absolute atomic E-state index is 0.00928. The second-order valence-electron chi connectivity index (χ2n) is 9.36. The minimum atomic E-state index is -4.61. The third kappa shape index (κ3) is 6.84. The highest BCUT2D eigenvalue weighted by atomic mass is 32.1. The molecule has 2 N–H and O–H groups in total. The summed E-state index contributed by atoms with van der Waals surface area (Å²) in [5.41, 5.74) is 2.38. The molecule has 0 unspecified atom stereocenters. The van der Waals surface area contributed by atoms with E-state index in [0.717, 1.165) is 43.5 Å². The highest BCUT2D eigenvalue weighted by molar-refractivity contribution is 7.09. The van der Waals surface area contributed by atoms with Gasteiger partial charge in [0, 0.05) is 24.1 Å². The maximum atomic E-state index is 13.1. The fraction of sp³-hybridized carbons (Fsp3) is 0.625. The van der Waals surface area contributed by atoms with Gasteiger partial charge in [0.25, 0.3) is 0 Å². The van der Waals surface area contributed by atoms with Gasteiger partial charge < -0.3 is 15.3 Å². The first-order valence-corrected chi connectivity index (χ1v) is 12.7. The minimum Gasteiger partial charge on any atom is -0.481 e. The number of nitrogens with zero attached hydrogens (tertiary/aromatic N) is 3. The number of benzene rings is 1. The Morgan fingerprint density at radius 2 is 1.97 bits per heavy atom. The van der Waals surface area contributed by atoms with Crippen LogP contribution in [-0.4, -0.2) is 33.0 Å². The number of carboxylic acids is 1. The number of aliphatic carboxylic acids is 1. The molecule has 0 amide bonds. The summed E-state index contributed by atoms with van der Waals surface area (Å²) in [6.45, 7) is 7.05. The average molecular weight is 499 g/mol. The van der Waals surface area contributed by atoms with Gasteiger partial charge in [-0.1, -0.05) is 46.1 Å². The highest BCUT2D eigenvalue weighted by Crippen LogP contribution is 2.39. The number of carboxylic acid groups (broad SMARTS) is 1. The van der Waals surface area contributed by atoms with Crippen LogP contribution in [0.1, 0.15) is 83.0 Å². The van der Waals surface area contributed by atoms with E-state index in [0.29, 0.717) is 35.6 Å². The topological polar surface area (TPSA) is 78.4 Å². The zero-order valence-corrected chi connectivity index (χ0v) is 20.7. The molecule has 2 aromatic rings. The molecule has 0 spiro atoms. The van der Waals surface area contributed by atoms with Crippen LogP contribution < -0.4 is 10.2 Å². The average Bonchev–Trinajstić information content (AvgIpc) is 3.25. The Hall–Kier alpha value is -2.36. The maximum Gasteiger partial charge on any atom is 0.452 e. The summed E-state index contributed by atoms with van der Waals surface area (Å²) in [7, 11) is 0. The van der Waals surface area contributed by atoms with E-state index in [1.807, 2.05) is 25.1 Å². The van der Waals surface area contributed by atoms with Crippen molar-refractivity contribution < 1.29 is 23.1 Å². The first-order valence-electron chi connectivity index (χ1n) is 11.9. The Morgan fingerprint density at radius 3 is 2.53 bits per heavy atom. The highest BCUT2D eigenvalue weighted by Gasteiger charge is 2.36. The van der Waals surface area contributed by atoms with Crippen molar-refractivity contribution in [3.05, 3.63) is 29.6 Å². The molecular weight excluding hydrogens is 465 g/mol. The van der Waals surface area contributed by atoms with Crippen molar-refractivity contribution in [2.75, 3.05) is 16.8 Å². The molecule has 1 fully saturated rings. The van der Waals surface area contributed by atoms with Crippen molar-refractivity contribution in [2.24, 2.45) is 5.92 Å². The SMILES string of the molecule is CC[C@H](CC(=O)O)c1ccc(N(CC(C)C)C2CCCCC2)c(Nc2nc(C(F)(F)F)ns2)c1. The summed E-state index contributed by atoms with van der Waals surface area (Å²) >= 11 is 0.667. The molecule has 0 saturated heterocycles. The summed E-state index contributed by atoms with van der Waals surface area (Å²) in [6, 6.07) is 6.15. The molecule has 0 radical (unpaired) electrons. The quantitative estimate of drug-likeness (QED) is 0.365. The van der Waals surface area contributed by atoms with E-state index in [-0.39, 0.29) is 17.5 Å². The number of anilines is 3. The Bertz CT molecular complexity index is 958. The molecule has 1 saturated carbocycles. The van der Waals surface area contributed by atoms with E-state index >= 15 is 0 Å². The largest absolute Gasteiger partial charge is 0.481 e. The molecule has 10 heteroatoms. The molecule has 3 rings (SSSR count). The normalized spacial score (nSPS) is 16.0. The molecule has 1 aromatic heterocycles. The van der Waals surface area contributed by atoms with Crippen LogP contribution in [0.15, 0.2) is 18.2 Å². The van der Waals surface area contributed by atoms with E-state index in [9.17, 15) is 23.1 Å². The molecule has 0 bridgehead atoms. The standard InChI is InChI=1S/C24H33F3N4O2S/c1-4-16(13-21(32)33)17-10-11-20(31(14-15(2)3)18-8-6-5-7-9-18)19(12-17)28-23-29-22(30-34-23)24(25,26)27/h10-12,15-16,18H,4-9,13-14H2,1-3H3,(H,32,33)(H,28,29,30)/t16-/m1/s1. The Kier molecular flexibility index (Phi) is 8.78. The van der Waals surface area contributed by atoms with Crippen molar-refractivity contribution in [2.45, 2.75) is 83.9 Å². The third-order valence-electron chi connectivity index (χ3n) is 6.21. The summed E-state index contributed by atoms with van der Waals surface area (Å²) in [5.74, 6) is -1.85. The third-order valence-corrected chi connectivity index (χ3v) is 6.84. The Balaban J connectivity index is 2.03. The van der Waals surface area contributed by atoms with Gasteiger partial charge in [-0.2, -0.15) is 22.5 Å². The molecule has 1 aromatic carbocycles. The molecule has 34 heavy (non-hydrogen) atoms. The van der Waals surface area contributed by atoms with Crippen LogP contribution in [0.4, 0.5) is 29.7 Å². The number of halogens is 3. The van der Waals surface area contributed by atoms with E-state index in [4.69, 9.17) is 0 Å². The summed E-state index contributed by atoms with van der Waals surface area (Å²) in [6.07, 6.45) is 1.69. The van der Waals surface area contributed by atoms with Crippen molar-refractivity contribution in [3.8, 4) is 0 Å². The lowest BCUT2D eigenvalue weighted by Gasteiger charge is -2.38. The zero-order valence-electron chi connectivity index (χ0n) is 19.9. The summed E-state index contributed by atoms with van der Waals surface area (Å²) < 4.78 is 42.6. The number of hydrogen-bond acceptors (Lipinski definition) is 6. The van der Waals surface area contributed by atoms with Crippen LogP contribution >= 0.6 is 11.5 Å². The van der Waals surface area contributed by atoms with Crippen LogP contribution in [-0.2, 0) is 11.0 Å². The number of alkyl halides is 3. The lowest BCUT2D eigenvalue weighted by molar-refractivity contribution is -0.144. The molecule has 1 aliphatic carbocycles. The van der Waals surface area contributed by atoms with Gasteiger partial charge in [-0.15, -0.1) is 0 Å². The predicted octanol–water partition coefficient (Wildman–Crippen LogP) is 7.06. The first-order chi connectivity index (χ1) is 16.1. The summed E-state index contributed by atoms with van der Waals surface area (Å²) in [4.78, 5) is 17.4. The van der Waals surface area contributed by atoms with Crippen LogP contribution in [0.2, 0.25) is 0 Å². The number of nitrogens with one attached hydrogen (secondary N) is 1.